The molecule has 1 fully saturated rings. The highest BCUT2D eigenvalue weighted by molar-refractivity contribution is 6.03. The summed E-state index contributed by atoms with van der Waals surface area (Å²) >= 11 is 0. The molecule has 0 aliphatic carbocycles. The van der Waals surface area contributed by atoms with Gasteiger partial charge in [-0.15, -0.1) is 0 Å². The maximum Gasteiger partial charge on any atom is 0.274 e. The zero-order valence-corrected chi connectivity index (χ0v) is 14.2. The van der Waals surface area contributed by atoms with Crippen LogP contribution in [0, 0.1) is 5.92 Å². The van der Waals surface area contributed by atoms with Crippen molar-refractivity contribution in [3.8, 4) is 11.5 Å². The lowest BCUT2D eigenvalue weighted by molar-refractivity contribution is 0.102. The van der Waals surface area contributed by atoms with Crippen LogP contribution in [0.25, 0.3) is 0 Å². The summed E-state index contributed by atoms with van der Waals surface area (Å²) in [7, 11) is 0. The molecule has 2 aromatic rings. The van der Waals surface area contributed by atoms with Gasteiger partial charge >= 0.3 is 0 Å². The first kappa shape index (κ1) is 15.7. The van der Waals surface area contributed by atoms with E-state index >= 15 is 0 Å². The molecule has 1 N–H and O–H groups in total. The molecular formula is C19H21N3O3. The minimum Gasteiger partial charge on any atom is -0.454 e. The number of amides is 1. The number of benzene rings is 1. The van der Waals surface area contributed by atoms with E-state index in [1.807, 2.05) is 6.07 Å². The number of carbonyl (C=O) groups excluding carboxylic acids is 1. The Balaban J connectivity index is 1.43. The van der Waals surface area contributed by atoms with Crippen molar-refractivity contribution in [2.75, 3.05) is 30.1 Å². The van der Waals surface area contributed by atoms with Gasteiger partial charge in [-0.2, -0.15) is 0 Å². The molecule has 1 aromatic heterocycles. The van der Waals surface area contributed by atoms with Crippen LogP contribution in [0.5, 0.6) is 11.5 Å². The van der Waals surface area contributed by atoms with Crippen molar-refractivity contribution in [1.29, 1.82) is 0 Å². The molecule has 25 heavy (non-hydrogen) atoms. The maximum atomic E-state index is 12.4. The van der Waals surface area contributed by atoms with E-state index in [0.29, 0.717) is 28.8 Å². The average molecular weight is 339 g/mol. The van der Waals surface area contributed by atoms with Crippen LogP contribution in [0.15, 0.2) is 36.5 Å². The Morgan fingerprint density at radius 3 is 2.92 bits per heavy atom. The molecule has 6 heteroatoms. The molecule has 0 saturated carbocycles. The third-order valence-electron chi connectivity index (χ3n) is 4.63. The summed E-state index contributed by atoms with van der Waals surface area (Å²) in [4.78, 5) is 19.1. The number of fused-ring (bicyclic) bond motifs is 1. The lowest BCUT2D eigenvalue weighted by Crippen LogP contribution is -2.34. The third kappa shape index (κ3) is 3.38. The van der Waals surface area contributed by atoms with Crippen molar-refractivity contribution >= 4 is 17.3 Å². The molecule has 3 heterocycles. The SMILES string of the molecule is CC1CCCN(c2ccc(C(=O)Nc3ccc4c(c3)OCO4)nc2)C1. The van der Waals surface area contributed by atoms with Crippen LogP contribution in [0.1, 0.15) is 30.3 Å². The van der Waals surface area contributed by atoms with E-state index in [1.165, 1.54) is 12.8 Å². The fraction of sp³-hybridized carbons (Fsp3) is 0.368. The lowest BCUT2D eigenvalue weighted by atomic mass is 10.00. The van der Waals surface area contributed by atoms with Crippen LogP contribution >= 0.6 is 0 Å². The van der Waals surface area contributed by atoms with E-state index in [-0.39, 0.29) is 12.7 Å². The van der Waals surface area contributed by atoms with Gasteiger partial charge in [-0.25, -0.2) is 4.98 Å². The largest absolute Gasteiger partial charge is 0.454 e. The van der Waals surface area contributed by atoms with E-state index in [0.717, 1.165) is 18.8 Å². The summed E-state index contributed by atoms with van der Waals surface area (Å²) in [5.74, 6) is 1.79. The standard InChI is InChI=1S/C19H21N3O3/c1-13-3-2-8-22(11-13)15-5-6-16(20-10-15)19(23)21-14-4-7-17-18(9-14)25-12-24-17/h4-7,9-10,13H,2-3,8,11-12H2,1H3,(H,21,23). The number of anilines is 2. The van der Waals surface area contributed by atoms with Gasteiger partial charge < -0.3 is 19.7 Å². The first-order valence-electron chi connectivity index (χ1n) is 8.61. The summed E-state index contributed by atoms with van der Waals surface area (Å²) in [6, 6.07) is 9.07. The topological polar surface area (TPSA) is 63.7 Å². The van der Waals surface area contributed by atoms with Crippen molar-refractivity contribution in [1.82, 2.24) is 4.98 Å². The van der Waals surface area contributed by atoms with Crippen LogP contribution in [0.3, 0.4) is 0 Å². The van der Waals surface area contributed by atoms with Gasteiger partial charge in [0.2, 0.25) is 6.79 Å². The van der Waals surface area contributed by atoms with Gasteiger partial charge in [0.05, 0.1) is 11.9 Å². The summed E-state index contributed by atoms with van der Waals surface area (Å²) in [6.45, 7) is 4.58. The van der Waals surface area contributed by atoms with Gasteiger partial charge in [0, 0.05) is 24.8 Å². The molecule has 1 aromatic carbocycles. The number of rotatable bonds is 3. The monoisotopic (exact) mass is 339 g/mol. The molecule has 130 valence electrons. The van der Waals surface area contributed by atoms with Gasteiger partial charge in [0.1, 0.15) is 5.69 Å². The van der Waals surface area contributed by atoms with Crippen molar-refractivity contribution in [3.63, 3.8) is 0 Å². The van der Waals surface area contributed by atoms with Crippen molar-refractivity contribution in [2.45, 2.75) is 19.8 Å². The zero-order chi connectivity index (χ0) is 17.2. The molecule has 6 nitrogen and oxygen atoms in total. The van der Waals surface area contributed by atoms with Gasteiger partial charge in [-0.05, 0) is 43.0 Å². The summed E-state index contributed by atoms with van der Waals surface area (Å²) in [5, 5.41) is 2.84. The number of ether oxygens (including phenoxy) is 2. The van der Waals surface area contributed by atoms with Crippen LogP contribution in [0.4, 0.5) is 11.4 Å². The van der Waals surface area contributed by atoms with E-state index in [1.54, 1.807) is 30.5 Å². The molecule has 1 amide bonds. The molecule has 1 unspecified atom stereocenters. The number of hydrogen-bond acceptors (Lipinski definition) is 5. The Morgan fingerprint density at radius 1 is 1.24 bits per heavy atom. The fourth-order valence-electron chi connectivity index (χ4n) is 3.30. The highest BCUT2D eigenvalue weighted by Crippen LogP contribution is 2.34. The summed E-state index contributed by atoms with van der Waals surface area (Å²) < 4.78 is 10.6. The Morgan fingerprint density at radius 2 is 2.12 bits per heavy atom. The normalized spacial score (nSPS) is 18.9. The number of aromatic nitrogens is 1. The first-order valence-corrected chi connectivity index (χ1v) is 8.61. The van der Waals surface area contributed by atoms with Crippen LogP contribution < -0.4 is 19.7 Å². The highest BCUT2D eigenvalue weighted by Gasteiger charge is 2.18. The number of carbonyl (C=O) groups is 1. The van der Waals surface area contributed by atoms with Crippen LogP contribution in [0.2, 0.25) is 0 Å². The number of pyridine rings is 1. The van der Waals surface area contributed by atoms with E-state index in [9.17, 15) is 4.79 Å². The number of piperidine rings is 1. The number of nitrogens with one attached hydrogen (secondary N) is 1. The molecule has 0 bridgehead atoms. The highest BCUT2D eigenvalue weighted by atomic mass is 16.7. The minimum atomic E-state index is -0.238. The minimum absolute atomic E-state index is 0.213. The van der Waals surface area contributed by atoms with Crippen molar-refractivity contribution in [2.24, 2.45) is 5.92 Å². The Labute approximate surface area is 146 Å². The first-order chi connectivity index (χ1) is 12.2. The predicted octanol–water partition coefficient (Wildman–Crippen LogP) is 3.30. The molecule has 2 aliphatic heterocycles. The molecular weight excluding hydrogens is 318 g/mol. The number of hydrogen-bond donors (Lipinski definition) is 1. The van der Waals surface area contributed by atoms with Crippen molar-refractivity contribution < 1.29 is 14.3 Å². The molecule has 0 spiro atoms. The second kappa shape index (κ2) is 6.63. The zero-order valence-electron chi connectivity index (χ0n) is 14.2. The molecule has 1 saturated heterocycles. The van der Waals surface area contributed by atoms with Crippen LogP contribution in [-0.2, 0) is 0 Å². The van der Waals surface area contributed by atoms with E-state index in [4.69, 9.17) is 9.47 Å². The Kier molecular flexibility index (Phi) is 4.17. The van der Waals surface area contributed by atoms with Crippen molar-refractivity contribution in [3.05, 3.63) is 42.2 Å². The fourth-order valence-corrected chi connectivity index (χ4v) is 3.30. The summed E-state index contributed by atoms with van der Waals surface area (Å²) in [6.07, 6.45) is 4.26. The quantitative estimate of drug-likeness (QED) is 0.929. The Bertz CT molecular complexity index is 776. The Hall–Kier alpha value is -2.76. The van der Waals surface area contributed by atoms with Crippen LogP contribution in [-0.4, -0.2) is 30.8 Å². The third-order valence-corrected chi connectivity index (χ3v) is 4.63. The molecule has 0 radical (unpaired) electrons. The molecule has 1 atom stereocenters. The second-order valence-electron chi connectivity index (χ2n) is 6.62. The molecule has 2 aliphatic rings. The molecule has 4 rings (SSSR count). The van der Waals surface area contributed by atoms with E-state index in [2.05, 4.69) is 22.1 Å². The smallest absolute Gasteiger partial charge is 0.274 e. The second-order valence-corrected chi connectivity index (χ2v) is 6.62. The predicted molar refractivity (Wildman–Crippen MR) is 95.4 cm³/mol. The maximum absolute atomic E-state index is 12.4. The average Bonchev–Trinajstić information content (AvgIpc) is 3.09. The van der Waals surface area contributed by atoms with Gasteiger partial charge in [0.15, 0.2) is 11.5 Å². The van der Waals surface area contributed by atoms with E-state index < -0.39 is 0 Å². The lowest BCUT2D eigenvalue weighted by Gasteiger charge is -2.32. The van der Waals surface area contributed by atoms with Gasteiger partial charge in [-0.1, -0.05) is 6.92 Å². The van der Waals surface area contributed by atoms with Gasteiger partial charge in [0.25, 0.3) is 5.91 Å². The van der Waals surface area contributed by atoms with Gasteiger partial charge in [-0.3, -0.25) is 4.79 Å². The summed E-state index contributed by atoms with van der Waals surface area (Å²) in [5.41, 5.74) is 2.13. The number of nitrogens with zero attached hydrogens (tertiary/aromatic N) is 2.